The number of likely N-dealkylation sites (tertiary alicyclic amines) is 1. The minimum absolute atomic E-state index is 0.0447. The van der Waals surface area contributed by atoms with Crippen LogP contribution in [0.5, 0.6) is 0 Å². The fourth-order valence-electron chi connectivity index (χ4n) is 5.82. The highest BCUT2D eigenvalue weighted by molar-refractivity contribution is 5.96. The second kappa shape index (κ2) is 14.3. The van der Waals surface area contributed by atoms with Gasteiger partial charge in [-0.2, -0.15) is 0 Å². The lowest BCUT2D eigenvalue weighted by atomic mass is 9.76. The van der Waals surface area contributed by atoms with Gasteiger partial charge in [0.1, 0.15) is 12.1 Å². The van der Waals surface area contributed by atoms with E-state index in [1.807, 2.05) is 78.8 Å². The van der Waals surface area contributed by atoms with Crippen LogP contribution in [-0.2, 0) is 24.6 Å². The van der Waals surface area contributed by atoms with Gasteiger partial charge in [0.05, 0.1) is 12.1 Å². The molecule has 0 unspecified atom stereocenters. The van der Waals surface area contributed by atoms with Gasteiger partial charge in [0.2, 0.25) is 17.7 Å². The zero-order chi connectivity index (χ0) is 32.0. The van der Waals surface area contributed by atoms with E-state index in [-0.39, 0.29) is 23.6 Å². The van der Waals surface area contributed by atoms with Crippen molar-refractivity contribution in [2.45, 2.75) is 104 Å². The van der Waals surface area contributed by atoms with Crippen LogP contribution in [0.2, 0.25) is 0 Å². The second-order valence-corrected chi connectivity index (χ2v) is 13.5. The van der Waals surface area contributed by atoms with Crippen molar-refractivity contribution in [2.75, 3.05) is 20.6 Å². The number of carboxylic acids is 1. The minimum atomic E-state index is -0.998. The van der Waals surface area contributed by atoms with Gasteiger partial charge < -0.3 is 25.5 Å². The molecule has 234 valence electrons. The van der Waals surface area contributed by atoms with Crippen LogP contribution in [0.4, 0.5) is 0 Å². The van der Waals surface area contributed by atoms with Gasteiger partial charge in [-0.05, 0) is 50.1 Å². The predicted molar refractivity (Wildman–Crippen MR) is 166 cm³/mol. The van der Waals surface area contributed by atoms with E-state index in [0.717, 1.165) is 18.4 Å². The first-order valence-corrected chi connectivity index (χ1v) is 15.0. The van der Waals surface area contributed by atoms with Crippen molar-refractivity contribution in [3.63, 3.8) is 0 Å². The maximum atomic E-state index is 14.1. The van der Waals surface area contributed by atoms with Gasteiger partial charge in [-0.1, -0.05) is 84.9 Å². The van der Waals surface area contributed by atoms with Gasteiger partial charge in [0.25, 0.3) is 0 Å². The number of hydrogen-bond acceptors (Lipinski definition) is 5. The molecule has 0 radical (unpaired) electrons. The Morgan fingerprint density at radius 1 is 1.02 bits per heavy atom. The van der Waals surface area contributed by atoms with E-state index in [4.69, 9.17) is 0 Å². The van der Waals surface area contributed by atoms with Gasteiger partial charge in [0.15, 0.2) is 0 Å². The van der Waals surface area contributed by atoms with Crippen molar-refractivity contribution >= 4 is 23.7 Å². The first kappa shape index (κ1) is 35.0. The van der Waals surface area contributed by atoms with E-state index < -0.39 is 41.0 Å². The van der Waals surface area contributed by atoms with Crippen LogP contribution in [0.3, 0.4) is 0 Å². The zero-order valence-corrected chi connectivity index (χ0v) is 27.2. The van der Waals surface area contributed by atoms with E-state index in [1.165, 1.54) is 4.90 Å². The summed E-state index contributed by atoms with van der Waals surface area (Å²) < 4.78 is 0. The number of carboxylic acid groups (broad SMARTS) is 1. The third-order valence-corrected chi connectivity index (χ3v) is 8.47. The summed E-state index contributed by atoms with van der Waals surface area (Å²) in [6.07, 6.45) is 3.72. The molecule has 1 aromatic rings. The summed E-state index contributed by atoms with van der Waals surface area (Å²) in [7, 11) is 3.43. The van der Waals surface area contributed by atoms with Gasteiger partial charge in [0, 0.05) is 24.6 Å². The Bertz CT molecular complexity index is 1140. The molecule has 4 atom stereocenters. The zero-order valence-electron chi connectivity index (χ0n) is 27.2. The maximum Gasteiger partial charge on any atom is 0.326 e. The number of piperidine rings is 1. The third kappa shape index (κ3) is 8.21. The Balaban J connectivity index is 2.34. The number of nitrogens with one attached hydrogen (secondary N) is 2. The predicted octanol–water partition coefficient (Wildman–Crippen LogP) is 3.98. The van der Waals surface area contributed by atoms with Gasteiger partial charge in [-0.15, -0.1) is 0 Å². The lowest BCUT2D eigenvalue weighted by molar-refractivity contribution is -0.150. The number of benzene rings is 1. The summed E-state index contributed by atoms with van der Waals surface area (Å²) >= 11 is 0. The standard InChI is InChI=1S/C33H52N4O5/c1-21(2)25(20-22(3)29(39)37-19-15-14-18-24(37)31(41)42)36(10)30(40)27(32(4,5)6)35-28(38)26(34-9)33(7,8)23-16-12-11-13-17-23/h11-13,16-17,20-21,24-27,34H,14-15,18-19H2,1-10H3,(H,35,38)(H,41,42)/b22-20+/t24-,25+,26+,27+/m0/s1. The Kier molecular flexibility index (Phi) is 11.9. The molecule has 2 rings (SSSR count). The summed E-state index contributed by atoms with van der Waals surface area (Å²) in [5.74, 6) is -1.91. The van der Waals surface area contributed by atoms with E-state index >= 15 is 0 Å². The fourth-order valence-corrected chi connectivity index (χ4v) is 5.82. The smallest absolute Gasteiger partial charge is 0.326 e. The van der Waals surface area contributed by atoms with Crippen molar-refractivity contribution in [3.05, 3.63) is 47.5 Å². The highest BCUT2D eigenvalue weighted by Gasteiger charge is 2.42. The largest absolute Gasteiger partial charge is 0.480 e. The van der Waals surface area contributed by atoms with Crippen molar-refractivity contribution in [3.8, 4) is 0 Å². The van der Waals surface area contributed by atoms with E-state index in [9.17, 15) is 24.3 Å². The number of carbonyl (C=O) groups is 4. The molecule has 9 heteroatoms. The lowest BCUT2D eigenvalue weighted by Crippen LogP contribution is -2.61. The van der Waals surface area contributed by atoms with E-state index in [1.54, 1.807) is 32.0 Å². The number of aliphatic carboxylic acids is 1. The Labute approximate surface area is 252 Å². The number of likely N-dealkylation sites (N-methyl/N-ethyl adjacent to an activating group) is 2. The molecule has 1 aromatic carbocycles. The average molecular weight is 585 g/mol. The maximum absolute atomic E-state index is 14.1. The fraction of sp³-hybridized carbons (Fsp3) is 0.636. The third-order valence-electron chi connectivity index (χ3n) is 8.47. The second-order valence-electron chi connectivity index (χ2n) is 13.5. The molecule has 0 saturated carbocycles. The first-order chi connectivity index (χ1) is 19.4. The number of nitrogens with zero attached hydrogens (tertiary/aromatic N) is 2. The van der Waals surface area contributed by atoms with Crippen molar-refractivity contribution < 1.29 is 24.3 Å². The lowest BCUT2D eigenvalue weighted by Gasteiger charge is -2.40. The molecule has 1 saturated heterocycles. The molecule has 9 nitrogen and oxygen atoms in total. The normalized spacial score (nSPS) is 18.7. The molecule has 3 amide bonds. The first-order valence-electron chi connectivity index (χ1n) is 15.0. The minimum Gasteiger partial charge on any atom is -0.480 e. The molecule has 1 fully saturated rings. The van der Waals surface area contributed by atoms with Crippen molar-refractivity contribution in [1.82, 2.24) is 20.4 Å². The van der Waals surface area contributed by atoms with Crippen molar-refractivity contribution in [1.29, 1.82) is 0 Å². The molecule has 0 bridgehead atoms. The molecule has 3 N–H and O–H groups in total. The average Bonchev–Trinajstić information content (AvgIpc) is 2.93. The van der Waals surface area contributed by atoms with Gasteiger partial charge >= 0.3 is 5.97 Å². The number of carbonyl (C=O) groups excluding carboxylic acids is 3. The summed E-state index contributed by atoms with van der Waals surface area (Å²) in [6.45, 7) is 15.7. The highest BCUT2D eigenvalue weighted by atomic mass is 16.4. The Morgan fingerprint density at radius 2 is 1.62 bits per heavy atom. The van der Waals surface area contributed by atoms with E-state index in [2.05, 4.69) is 10.6 Å². The molecule has 42 heavy (non-hydrogen) atoms. The monoisotopic (exact) mass is 584 g/mol. The molecule has 0 aliphatic carbocycles. The number of amides is 3. The molecule has 0 spiro atoms. The van der Waals surface area contributed by atoms with Gasteiger partial charge in [-0.3, -0.25) is 14.4 Å². The van der Waals surface area contributed by atoms with Crippen LogP contribution in [0, 0.1) is 11.3 Å². The quantitative estimate of drug-likeness (QED) is 0.339. The van der Waals surface area contributed by atoms with Gasteiger partial charge in [-0.25, -0.2) is 4.79 Å². The van der Waals surface area contributed by atoms with Crippen LogP contribution >= 0.6 is 0 Å². The number of rotatable bonds is 11. The molecular formula is C33H52N4O5. The summed E-state index contributed by atoms with van der Waals surface area (Å²) in [4.78, 5) is 56.0. The highest BCUT2D eigenvalue weighted by Crippen LogP contribution is 2.29. The molecule has 1 heterocycles. The van der Waals surface area contributed by atoms with Crippen molar-refractivity contribution in [2.24, 2.45) is 11.3 Å². The van der Waals surface area contributed by atoms with Crippen LogP contribution in [0.1, 0.15) is 80.2 Å². The van der Waals surface area contributed by atoms with Crippen LogP contribution < -0.4 is 10.6 Å². The summed E-state index contributed by atoms with van der Waals surface area (Å²) in [6, 6.07) is 7.08. The molecule has 0 aromatic heterocycles. The Hall–Kier alpha value is -3.20. The number of hydrogen-bond donors (Lipinski definition) is 3. The topological polar surface area (TPSA) is 119 Å². The van der Waals surface area contributed by atoms with Crippen LogP contribution in [0.15, 0.2) is 42.0 Å². The van der Waals surface area contributed by atoms with Crippen LogP contribution in [0.25, 0.3) is 0 Å². The van der Waals surface area contributed by atoms with E-state index in [0.29, 0.717) is 18.5 Å². The van der Waals surface area contributed by atoms with Crippen LogP contribution in [-0.4, -0.2) is 83.4 Å². The molecule has 1 aliphatic heterocycles. The SMILES string of the molecule is CN[C@H](C(=O)N[C@H](C(=O)N(C)[C@H](/C=C(\C)C(=O)N1CCCC[C@H]1C(=O)O)C(C)C)C(C)(C)C)C(C)(C)c1ccccc1. The molecule has 1 aliphatic rings. The molecular weight excluding hydrogens is 532 g/mol. The Morgan fingerprint density at radius 3 is 2.12 bits per heavy atom. The summed E-state index contributed by atoms with van der Waals surface area (Å²) in [5, 5.41) is 15.9. The summed E-state index contributed by atoms with van der Waals surface area (Å²) in [5.41, 5.74) is 0.242.